The summed E-state index contributed by atoms with van der Waals surface area (Å²) < 4.78 is 13.8. The van der Waals surface area contributed by atoms with Gasteiger partial charge in [-0.2, -0.15) is 0 Å². The number of likely N-dealkylation sites (tertiary alicyclic amines) is 1. The summed E-state index contributed by atoms with van der Waals surface area (Å²) in [5, 5.41) is 22.2. The Balaban J connectivity index is 1.28. The van der Waals surface area contributed by atoms with Crippen molar-refractivity contribution in [2.75, 3.05) is 26.3 Å². The van der Waals surface area contributed by atoms with Crippen LogP contribution in [0.4, 0.5) is 0 Å². The van der Waals surface area contributed by atoms with Crippen LogP contribution in [0.1, 0.15) is 24.2 Å². The van der Waals surface area contributed by atoms with Crippen molar-refractivity contribution in [2.24, 2.45) is 0 Å². The Kier molecular flexibility index (Phi) is 8.11. The van der Waals surface area contributed by atoms with E-state index in [1.165, 1.54) is 0 Å². The van der Waals surface area contributed by atoms with Crippen LogP contribution in [0.5, 0.6) is 11.5 Å². The molecule has 0 amide bonds. The highest BCUT2D eigenvalue weighted by Gasteiger charge is 2.42. The molecule has 1 aliphatic heterocycles. The molecule has 0 aliphatic carbocycles. The third-order valence-corrected chi connectivity index (χ3v) is 6.43. The zero-order valence-corrected chi connectivity index (χ0v) is 20.2. The smallest absolute Gasteiger partial charge is 0.137 e. The van der Waals surface area contributed by atoms with Gasteiger partial charge in [0.1, 0.15) is 29.5 Å². The topological polar surface area (TPSA) is 80.0 Å². The number of imidazole rings is 1. The van der Waals surface area contributed by atoms with Crippen LogP contribution in [-0.4, -0.2) is 62.7 Å². The molecule has 0 saturated carbocycles. The van der Waals surface area contributed by atoms with Crippen molar-refractivity contribution in [3.63, 3.8) is 0 Å². The lowest BCUT2D eigenvalue weighted by atomic mass is 9.90. The minimum absolute atomic E-state index is 0.00579. The molecule has 3 aromatic rings. The van der Waals surface area contributed by atoms with Gasteiger partial charge in [-0.05, 0) is 61.7 Å². The first-order chi connectivity index (χ1) is 16.4. The lowest BCUT2D eigenvalue weighted by molar-refractivity contribution is -0.140. The number of ether oxygens (including phenoxy) is 2. The third kappa shape index (κ3) is 6.51. The van der Waals surface area contributed by atoms with E-state index in [0.717, 1.165) is 30.1 Å². The minimum Gasteiger partial charge on any atom is -0.494 e. The number of β-amino-alcohol motifs (C(OH)–C–C–N with tert-alkyl or cyclic N) is 1. The molecule has 8 heteroatoms. The van der Waals surface area contributed by atoms with E-state index >= 15 is 0 Å². The predicted molar refractivity (Wildman–Crippen MR) is 131 cm³/mol. The summed E-state index contributed by atoms with van der Waals surface area (Å²) in [4.78, 5) is 6.37. The summed E-state index contributed by atoms with van der Waals surface area (Å²) in [6.07, 6.45) is 4.32. The van der Waals surface area contributed by atoms with Crippen LogP contribution in [0.25, 0.3) is 0 Å². The van der Waals surface area contributed by atoms with Crippen LogP contribution in [0, 0.1) is 6.92 Å². The number of nitrogens with zero attached hydrogens (tertiary/aromatic N) is 3. The van der Waals surface area contributed by atoms with Crippen molar-refractivity contribution in [1.82, 2.24) is 14.5 Å². The number of benzene rings is 2. The maximum absolute atomic E-state index is 11.1. The summed E-state index contributed by atoms with van der Waals surface area (Å²) in [5.41, 5.74) is -0.252. The second-order valence-corrected chi connectivity index (χ2v) is 9.32. The molecule has 34 heavy (non-hydrogen) atoms. The number of aromatic nitrogens is 2. The van der Waals surface area contributed by atoms with Gasteiger partial charge in [0.2, 0.25) is 0 Å². The van der Waals surface area contributed by atoms with Crippen molar-refractivity contribution in [2.45, 2.75) is 44.6 Å². The van der Waals surface area contributed by atoms with E-state index in [-0.39, 0.29) is 6.61 Å². The average molecular weight is 486 g/mol. The Labute approximate surface area is 205 Å². The molecule has 0 bridgehead atoms. The molecule has 2 heterocycles. The highest BCUT2D eigenvalue weighted by molar-refractivity contribution is 6.30. The van der Waals surface area contributed by atoms with Crippen LogP contribution >= 0.6 is 11.6 Å². The zero-order valence-electron chi connectivity index (χ0n) is 19.4. The van der Waals surface area contributed by atoms with E-state index < -0.39 is 11.7 Å². The standard InChI is InChI=1S/C26H32ClN3O4/c1-20-28-11-14-30(20)12-3-15-33-24-5-2-4-21(16-24)17-29-13-10-25(31)26(32,18-29)19-34-23-8-6-22(27)7-9-23/h2,4-9,11,14,16,25,31-32H,3,10,12-13,15,17-19H2,1H3/t25-,26-/m0/s1. The fraction of sp³-hybridized carbons (Fsp3) is 0.423. The van der Waals surface area contributed by atoms with Gasteiger partial charge in [-0.25, -0.2) is 4.98 Å². The first-order valence-corrected chi connectivity index (χ1v) is 12.0. The van der Waals surface area contributed by atoms with Crippen LogP contribution in [0.2, 0.25) is 5.02 Å². The molecule has 2 atom stereocenters. The van der Waals surface area contributed by atoms with Gasteiger partial charge in [-0.3, -0.25) is 4.90 Å². The Hall–Kier alpha value is -2.58. The van der Waals surface area contributed by atoms with E-state index in [4.69, 9.17) is 21.1 Å². The van der Waals surface area contributed by atoms with E-state index in [2.05, 4.69) is 20.5 Å². The Morgan fingerprint density at radius 1 is 1.15 bits per heavy atom. The van der Waals surface area contributed by atoms with Gasteiger partial charge in [0.05, 0.1) is 12.7 Å². The molecule has 4 rings (SSSR count). The fourth-order valence-corrected chi connectivity index (χ4v) is 4.34. The van der Waals surface area contributed by atoms with E-state index in [1.54, 1.807) is 24.3 Å². The highest BCUT2D eigenvalue weighted by Crippen LogP contribution is 2.26. The molecule has 1 saturated heterocycles. The van der Waals surface area contributed by atoms with Gasteiger partial charge in [-0.1, -0.05) is 23.7 Å². The van der Waals surface area contributed by atoms with Crippen LogP contribution in [-0.2, 0) is 13.1 Å². The molecule has 0 unspecified atom stereocenters. The van der Waals surface area contributed by atoms with Crippen molar-refractivity contribution in [3.8, 4) is 11.5 Å². The molecule has 7 nitrogen and oxygen atoms in total. The molecular formula is C26H32ClN3O4. The van der Waals surface area contributed by atoms with Crippen LogP contribution < -0.4 is 9.47 Å². The van der Waals surface area contributed by atoms with Gasteiger partial charge in [0.25, 0.3) is 0 Å². The van der Waals surface area contributed by atoms with Gasteiger partial charge in [-0.15, -0.1) is 0 Å². The van der Waals surface area contributed by atoms with E-state index in [1.807, 2.05) is 37.5 Å². The van der Waals surface area contributed by atoms with Crippen LogP contribution in [0.3, 0.4) is 0 Å². The zero-order chi connectivity index (χ0) is 24.0. The van der Waals surface area contributed by atoms with Crippen molar-refractivity contribution >= 4 is 11.6 Å². The number of halogens is 1. The van der Waals surface area contributed by atoms with Crippen molar-refractivity contribution < 1.29 is 19.7 Å². The molecular weight excluding hydrogens is 454 g/mol. The summed E-state index contributed by atoms with van der Waals surface area (Å²) in [6, 6.07) is 15.0. The van der Waals surface area contributed by atoms with Gasteiger partial charge >= 0.3 is 0 Å². The molecule has 0 spiro atoms. The monoisotopic (exact) mass is 485 g/mol. The average Bonchev–Trinajstić information content (AvgIpc) is 3.24. The SMILES string of the molecule is Cc1nccn1CCCOc1cccc(CN2CC[C@H](O)[C@@](O)(COc3ccc(Cl)cc3)C2)c1. The minimum atomic E-state index is -1.35. The maximum Gasteiger partial charge on any atom is 0.137 e. The second kappa shape index (κ2) is 11.2. The number of piperidine rings is 1. The molecule has 1 aromatic heterocycles. The molecule has 2 N–H and O–H groups in total. The maximum atomic E-state index is 11.1. The Morgan fingerprint density at radius 2 is 1.97 bits per heavy atom. The summed E-state index contributed by atoms with van der Waals surface area (Å²) in [7, 11) is 0. The van der Waals surface area contributed by atoms with Gasteiger partial charge in [0, 0.05) is 43.6 Å². The Morgan fingerprint density at radius 3 is 2.74 bits per heavy atom. The number of aryl methyl sites for hydroxylation is 2. The number of aliphatic hydroxyl groups is 2. The summed E-state index contributed by atoms with van der Waals surface area (Å²) in [5.74, 6) is 2.45. The third-order valence-electron chi connectivity index (χ3n) is 6.18. The fourth-order valence-electron chi connectivity index (χ4n) is 4.22. The number of rotatable bonds is 10. The normalized spacial score (nSPS) is 20.9. The lowest BCUT2D eigenvalue weighted by Crippen LogP contribution is -2.59. The van der Waals surface area contributed by atoms with Crippen molar-refractivity contribution in [1.29, 1.82) is 0 Å². The largest absolute Gasteiger partial charge is 0.494 e. The first kappa shape index (κ1) is 24.5. The molecule has 2 aromatic carbocycles. The lowest BCUT2D eigenvalue weighted by Gasteiger charge is -2.42. The number of hydrogen-bond donors (Lipinski definition) is 2. The molecule has 1 fully saturated rings. The summed E-state index contributed by atoms with van der Waals surface area (Å²) in [6.45, 7) is 5.16. The Bertz CT molecular complexity index is 1060. The van der Waals surface area contributed by atoms with E-state index in [9.17, 15) is 10.2 Å². The molecule has 0 radical (unpaired) electrons. The highest BCUT2D eigenvalue weighted by atomic mass is 35.5. The van der Waals surface area contributed by atoms with E-state index in [0.29, 0.717) is 43.4 Å². The first-order valence-electron chi connectivity index (χ1n) is 11.6. The summed E-state index contributed by atoms with van der Waals surface area (Å²) >= 11 is 5.92. The van der Waals surface area contributed by atoms with Crippen molar-refractivity contribution in [3.05, 3.63) is 77.3 Å². The second-order valence-electron chi connectivity index (χ2n) is 8.88. The van der Waals surface area contributed by atoms with Gasteiger partial charge in [0.15, 0.2) is 0 Å². The quantitative estimate of drug-likeness (QED) is 0.426. The number of aliphatic hydroxyl groups excluding tert-OH is 1. The number of hydrogen-bond acceptors (Lipinski definition) is 6. The van der Waals surface area contributed by atoms with Crippen LogP contribution in [0.15, 0.2) is 60.9 Å². The molecule has 182 valence electrons. The molecule has 1 aliphatic rings. The predicted octanol–water partition coefficient (Wildman–Crippen LogP) is 3.69. The van der Waals surface area contributed by atoms with Gasteiger partial charge < -0.3 is 24.3 Å².